The highest BCUT2D eigenvalue weighted by molar-refractivity contribution is 8.01. The van der Waals surface area contributed by atoms with E-state index in [1.807, 2.05) is 0 Å². The first-order valence-corrected chi connectivity index (χ1v) is 11.5. The number of aromatic nitrogens is 2. The molecule has 142 valence electrons. The highest BCUT2D eigenvalue weighted by atomic mass is 32.2. The van der Waals surface area contributed by atoms with Crippen LogP contribution in [0.25, 0.3) is 0 Å². The summed E-state index contributed by atoms with van der Waals surface area (Å²) in [5.41, 5.74) is 0. The standard InChI is InChI=1S/C17H17N3O4S3/c1-2-3-11-25-17-20-19-16(26-17)18-15(21)13-9-10-14(24-13)27(22,23)12-7-5-4-6-8-12/h4-10H,2-3,11H2,1H3,(H,18,19,21). The fourth-order valence-corrected chi connectivity index (χ4v) is 5.18. The minimum atomic E-state index is -3.81. The van der Waals surface area contributed by atoms with Gasteiger partial charge in [-0.15, -0.1) is 10.2 Å². The molecule has 1 aromatic carbocycles. The van der Waals surface area contributed by atoms with Crippen molar-refractivity contribution in [1.82, 2.24) is 10.2 Å². The van der Waals surface area contributed by atoms with E-state index in [2.05, 4.69) is 22.4 Å². The molecule has 0 saturated heterocycles. The third kappa shape index (κ3) is 4.76. The fourth-order valence-electron chi connectivity index (χ4n) is 2.08. The van der Waals surface area contributed by atoms with Gasteiger partial charge in [-0.25, -0.2) is 8.42 Å². The lowest BCUT2D eigenvalue weighted by Gasteiger charge is -2.00. The lowest BCUT2D eigenvalue weighted by molar-refractivity contribution is 0.0991. The summed E-state index contributed by atoms with van der Waals surface area (Å²) in [5.74, 6) is 0.253. The molecule has 0 radical (unpaired) electrons. The lowest BCUT2D eigenvalue weighted by Crippen LogP contribution is -2.10. The van der Waals surface area contributed by atoms with Crippen molar-refractivity contribution in [2.75, 3.05) is 11.1 Å². The Morgan fingerprint density at radius 2 is 1.96 bits per heavy atom. The number of anilines is 1. The first-order valence-electron chi connectivity index (χ1n) is 8.18. The van der Waals surface area contributed by atoms with Crippen molar-refractivity contribution < 1.29 is 17.6 Å². The second-order valence-corrected chi connectivity index (χ2v) is 9.66. The van der Waals surface area contributed by atoms with Crippen LogP contribution in [-0.2, 0) is 9.84 Å². The molecular formula is C17H17N3O4S3. The minimum absolute atomic E-state index is 0.101. The summed E-state index contributed by atoms with van der Waals surface area (Å²) in [5, 5.41) is 10.6. The highest BCUT2D eigenvalue weighted by Crippen LogP contribution is 2.27. The van der Waals surface area contributed by atoms with Gasteiger partial charge in [-0.3, -0.25) is 10.1 Å². The van der Waals surface area contributed by atoms with Crippen LogP contribution >= 0.6 is 23.1 Å². The van der Waals surface area contributed by atoms with E-state index in [-0.39, 0.29) is 15.7 Å². The zero-order chi connectivity index (χ0) is 19.3. The molecule has 3 rings (SSSR count). The molecule has 0 fully saturated rings. The van der Waals surface area contributed by atoms with Crippen molar-refractivity contribution >= 4 is 44.0 Å². The molecular weight excluding hydrogens is 406 g/mol. The molecule has 0 saturated carbocycles. The topological polar surface area (TPSA) is 102 Å². The Bertz CT molecular complexity index is 1010. The Balaban J connectivity index is 1.69. The molecule has 3 aromatic rings. The molecule has 0 aliphatic heterocycles. The largest absolute Gasteiger partial charge is 0.439 e. The number of unbranched alkanes of at least 4 members (excludes halogenated alkanes) is 1. The molecule has 27 heavy (non-hydrogen) atoms. The van der Waals surface area contributed by atoms with Crippen molar-refractivity contribution in [3.8, 4) is 0 Å². The van der Waals surface area contributed by atoms with E-state index in [0.29, 0.717) is 5.13 Å². The minimum Gasteiger partial charge on any atom is -0.439 e. The van der Waals surface area contributed by atoms with Gasteiger partial charge < -0.3 is 4.42 Å². The quantitative estimate of drug-likeness (QED) is 0.330. The molecule has 10 heteroatoms. The highest BCUT2D eigenvalue weighted by Gasteiger charge is 2.23. The number of thioether (sulfide) groups is 1. The molecule has 0 aliphatic rings. The van der Waals surface area contributed by atoms with Crippen LogP contribution in [0.5, 0.6) is 0 Å². The van der Waals surface area contributed by atoms with E-state index < -0.39 is 15.7 Å². The van der Waals surface area contributed by atoms with Crippen LogP contribution in [0.4, 0.5) is 5.13 Å². The second kappa shape index (κ2) is 8.68. The average molecular weight is 424 g/mol. The van der Waals surface area contributed by atoms with E-state index in [1.54, 1.807) is 30.0 Å². The number of furan rings is 1. The number of benzene rings is 1. The van der Waals surface area contributed by atoms with Crippen molar-refractivity contribution in [1.29, 1.82) is 0 Å². The smallest absolute Gasteiger partial charge is 0.293 e. The lowest BCUT2D eigenvalue weighted by atomic mass is 10.4. The van der Waals surface area contributed by atoms with E-state index >= 15 is 0 Å². The molecule has 2 aromatic heterocycles. The van der Waals surface area contributed by atoms with Crippen LogP contribution < -0.4 is 5.32 Å². The number of carbonyl (C=O) groups excluding carboxylic acids is 1. The number of sulfone groups is 1. The van der Waals surface area contributed by atoms with Gasteiger partial charge in [0.1, 0.15) is 0 Å². The maximum absolute atomic E-state index is 12.5. The molecule has 0 unspecified atom stereocenters. The first-order chi connectivity index (χ1) is 13.0. The number of hydrogen-bond donors (Lipinski definition) is 1. The Kier molecular flexibility index (Phi) is 6.30. The summed E-state index contributed by atoms with van der Waals surface area (Å²) < 4.78 is 31.1. The molecule has 0 aliphatic carbocycles. The predicted molar refractivity (Wildman–Crippen MR) is 104 cm³/mol. The Morgan fingerprint density at radius 1 is 1.19 bits per heavy atom. The SMILES string of the molecule is CCCCSc1nnc(NC(=O)c2ccc(S(=O)(=O)c3ccccc3)o2)s1. The third-order valence-corrected chi connectivity index (χ3v) is 7.17. The number of carbonyl (C=O) groups is 1. The Labute approximate surface area is 165 Å². The molecule has 1 N–H and O–H groups in total. The van der Waals surface area contributed by atoms with Gasteiger partial charge >= 0.3 is 0 Å². The summed E-state index contributed by atoms with van der Waals surface area (Å²) in [4.78, 5) is 12.4. The number of nitrogens with zero attached hydrogens (tertiary/aromatic N) is 2. The van der Waals surface area contributed by atoms with E-state index in [0.717, 1.165) is 22.9 Å². The molecule has 2 heterocycles. The zero-order valence-corrected chi connectivity index (χ0v) is 16.9. The van der Waals surface area contributed by atoms with E-state index in [9.17, 15) is 13.2 Å². The van der Waals surface area contributed by atoms with Gasteiger partial charge in [0.25, 0.3) is 5.91 Å². The summed E-state index contributed by atoms with van der Waals surface area (Å²) in [6.45, 7) is 2.11. The van der Waals surface area contributed by atoms with Crippen molar-refractivity contribution in [2.24, 2.45) is 0 Å². The normalized spacial score (nSPS) is 11.4. The van der Waals surface area contributed by atoms with Crippen molar-refractivity contribution in [2.45, 2.75) is 34.1 Å². The van der Waals surface area contributed by atoms with Gasteiger partial charge in [-0.05, 0) is 30.7 Å². The fraction of sp³-hybridized carbons (Fsp3) is 0.235. The van der Waals surface area contributed by atoms with Crippen LogP contribution in [0.3, 0.4) is 0 Å². The van der Waals surface area contributed by atoms with Gasteiger partial charge in [0.15, 0.2) is 10.1 Å². The molecule has 0 bridgehead atoms. The molecule has 0 atom stereocenters. The number of hydrogen-bond acceptors (Lipinski definition) is 8. The van der Waals surface area contributed by atoms with Crippen molar-refractivity contribution in [3.63, 3.8) is 0 Å². The summed E-state index contributed by atoms with van der Waals surface area (Å²) in [6, 6.07) is 10.5. The molecule has 0 spiro atoms. The van der Waals surface area contributed by atoms with E-state index in [4.69, 9.17) is 4.42 Å². The van der Waals surface area contributed by atoms with Gasteiger partial charge in [-0.2, -0.15) is 0 Å². The van der Waals surface area contributed by atoms with Crippen molar-refractivity contribution in [3.05, 3.63) is 48.2 Å². The zero-order valence-electron chi connectivity index (χ0n) is 14.4. The van der Waals surface area contributed by atoms with Crippen LogP contribution in [-0.4, -0.2) is 30.3 Å². The maximum atomic E-state index is 12.5. The number of amides is 1. The summed E-state index contributed by atoms with van der Waals surface area (Å²) in [7, 11) is -3.81. The third-order valence-electron chi connectivity index (χ3n) is 3.47. The monoisotopic (exact) mass is 423 g/mol. The van der Waals surface area contributed by atoms with Gasteiger partial charge in [0.05, 0.1) is 4.90 Å². The Hall–Kier alpha value is -2.17. The summed E-state index contributed by atoms with van der Waals surface area (Å²) in [6.07, 6.45) is 2.18. The van der Waals surface area contributed by atoms with Gasteiger partial charge in [0.2, 0.25) is 20.1 Å². The average Bonchev–Trinajstić information content (AvgIpc) is 3.33. The summed E-state index contributed by atoms with van der Waals surface area (Å²) >= 11 is 2.85. The number of rotatable bonds is 8. The van der Waals surface area contributed by atoms with Crippen LogP contribution in [0.2, 0.25) is 0 Å². The number of nitrogens with one attached hydrogen (secondary N) is 1. The van der Waals surface area contributed by atoms with Crippen LogP contribution in [0, 0.1) is 0 Å². The van der Waals surface area contributed by atoms with E-state index in [1.165, 1.54) is 35.6 Å². The van der Waals surface area contributed by atoms with Gasteiger partial charge in [0, 0.05) is 5.75 Å². The van der Waals surface area contributed by atoms with Crippen LogP contribution in [0.15, 0.2) is 61.2 Å². The Morgan fingerprint density at radius 3 is 2.70 bits per heavy atom. The second-order valence-electron chi connectivity index (χ2n) is 5.46. The molecule has 7 nitrogen and oxygen atoms in total. The first kappa shape index (κ1) is 19.6. The predicted octanol–water partition coefficient (Wildman–Crippen LogP) is 4.11. The van der Waals surface area contributed by atoms with Crippen LogP contribution in [0.1, 0.15) is 30.3 Å². The maximum Gasteiger partial charge on any atom is 0.293 e. The molecule has 1 amide bonds. The van der Waals surface area contributed by atoms with Gasteiger partial charge in [-0.1, -0.05) is 54.6 Å².